The summed E-state index contributed by atoms with van der Waals surface area (Å²) in [5.74, 6) is -1.79. The summed E-state index contributed by atoms with van der Waals surface area (Å²) in [4.78, 5) is 26.8. The van der Waals surface area contributed by atoms with E-state index < -0.39 is 23.1 Å². The van der Waals surface area contributed by atoms with Gasteiger partial charge in [-0.15, -0.1) is 0 Å². The maximum absolute atomic E-state index is 14.2. The van der Waals surface area contributed by atoms with Crippen LogP contribution in [0.5, 0.6) is 5.75 Å². The third kappa shape index (κ3) is 3.71. The first-order chi connectivity index (χ1) is 14.8. The Kier molecular flexibility index (Phi) is 5.35. The average molecular weight is 421 g/mol. The quantitative estimate of drug-likeness (QED) is 0.698. The van der Waals surface area contributed by atoms with Crippen LogP contribution in [0.2, 0.25) is 0 Å². The van der Waals surface area contributed by atoms with E-state index in [1.807, 2.05) is 51.1 Å². The van der Waals surface area contributed by atoms with E-state index in [4.69, 9.17) is 0 Å². The van der Waals surface area contributed by atoms with E-state index >= 15 is 0 Å². The van der Waals surface area contributed by atoms with Crippen LogP contribution in [0.3, 0.4) is 0 Å². The second kappa shape index (κ2) is 7.98. The molecule has 6 nitrogen and oxygen atoms in total. The summed E-state index contributed by atoms with van der Waals surface area (Å²) in [6, 6.07) is 13.6. The van der Waals surface area contributed by atoms with Gasteiger partial charge in [0.2, 0.25) is 5.43 Å². The Morgan fingerprint density at radius 3 is 2.42 bits per heavy atom. The van der Waals surface area contributed by atoms with Crippen molar-refractivity contribution in [2.45, 2.75) is 38.8 Å². The molecule has 31 heavy (non-hydrogen) atoms. The zero-order valence-corrected chi connectivity index (χ0v) is 17.6. The Labute approximate surface area is 179 Å². The maximum atomic E-state index is 14.2. The molecule has 2 unspecified atom stereocenters. The normalized spacial score (nSPS) is 17.0. The molecule has 7 heteroatoms. The van der Waals surface area contributed by atoms with Crippen LogP contribution in [0.4, 0.5) is 4.39 Å². The van der Waals surface area contributed by atoms with Gasteiger partial charge in [-0.1, -0.05) is 42.0 Å². The predicted octanol–water partition coefficient (Wildman–Crippen LogP) is 3.63. The monoisotopic (exact) mass is 421 g/mol. The molecule has 1 N–H and O–H groups in total. The van der Waals surface area contributed by atoms with Crippen LogP contribution in [0.1, 0.15) is 53.0 Å². The third-order valence-corrected chi connectivity index (χ3v) is 5.76. The summed E-state index contributed by atoms with van der Waals surface area (Å²) in [7, 11) is 0. The lowest BCUT2D eigenvalue weighted by Gasteiger charge is -2.41. The number of benzene rings is 2. The van der Waals surface area contributed by atoms with Gasteiger partial charge in [0, 0.05) is 18.5 Å². The smallest absolute Gasteiger partial charge is 0.276 e. The van der Waals surface area contributed by atoms with Gasteiger partial charge in [0.1, 0.15) is 5.82 Å². The highest BCUT2D eigenvalue weighted by molar-refractivity contribution is 5.96. The third-order valence-electron chi connectivity index (χ3n) is 5.76. The molecule has 160 valence electrons. The largest absolute Gasteiger partial charge is 0.502 e. The molecule has 4 rings (SSSR count). The number of aromatic hydroxyl groups is 1. The number of hydrogen-bond acceptors (Lipinski definition) is 4. The Morgan fingerprint density at radius 2 is 1.77 bits per heavy atom. The minimum Gasteiger partial charge on any atom is -0.502 e. The number of carbonyl (C=O) groups is 1. The minimum atomic E-state index is -0.707. The highest BCUT2D eigenvalue weighted by Crippen LogP contribution is 2.40. The fourth-order valence-corrected chi connectivity index (χ4v) is 4.30. The number of aryl methyl sites for hydroxylation is 1. The summed E-state index contributed by atoms with van der Waals surface area (Å²) in [6.07, 6.45) is 1.02. The van der Waals surface area contributed by atoms with Gasteiger partial charge >= 0.3 is 0 Å². The van der Waals surface area contributed by atoms with Crippen LogP contribution in [-0.2, 0) is 0 Å². The lowest BCUT2D eigenvalue weighted by Crippen LogP contribution is -2.49. The summed E-state index contributed by atoms with van der Waals surface area (Å²) < 4.78 is 15.6. The highest BCUT2D eigenvalue weighted by Gasteiger charge is 2.40. The molecule has 0 spiro atoms. The number of halogens is 1. The summed E-state index contributed by atoms with van der Waals surface area (Å²) in [6.45, 7) is 6.03. The maximum Gasteiger partial charge on any atom is 0.276 e. The SMILES string of the molecule is Cc1cccc(C(c2cccc(F)c2)C2CN(C(C)C)C(=O)c3c(O)c(=O)cnn32)c1. The molecule has 2 heterocycles. The van der Waals surface area contributed by atoms with E-state index in [-0.39, 0.29) is 23.5 Å². The molecule has 1 aromatic heterocycles. The van der Waals surface area contributed by atoms with Gasteiger partial charge in [0.05, 0.1) is 12.2 Å². The standard InChI is InChI=1S/C24H24FN3O3/c1-14(2)27-13-19(28-22(24(27)31)23(30)20(29)12-26-28)21(16-7-4-6-15(3)10-16)17-8-5-9-18(25)11-17/h4-12,14,19,21,30H,13H2,1-3H3. The summed E-state index contributed by atoms with van der Waals surface area (Å²) >= 11 is 0. The number of carbonyl (C=O) groups excluding carboxylic acids is 1. The average Bonchev–Trinajstić information content (AvgIpc) is 2.72. The Balaban J connectivity index is 1.98. The first-order valence-corrected chi connectivity index (χ1v) is 10.2. The number of amides is 1. The van der Waals surface area contributed by atoms with E-state index in [1.165, 1.54) is 16.8 Å². The number of fused-ring (bicyclic) bond motifs is 1. The molecule has 0 fully saturated rings. The van der Waals surface area contributed by atoms with Crippen molar-refractivity contribution in [3.05, 3.63) is 93.2 Å². The van der Waals surface area contributed by atoms with Gasteiger partial charge in [0.15, 0.2) is 11.4 Å². The van der Waals surface area contributed by atoms with Crippen molar-refractivity contribution in [3.8, 4) is 5.75 Å². The fraction of sp³-hybridized carbons (Fsp3) is 0.292. The molecule has 0 bridgehead atoms. The Morgan fingerprint density at radius 1 is 1.10 bits per heavy atom. The van der Waals surface area contributed by atoms with Crippen LogP contribution in [-0.4, -0.2) is 38.3 Å². The predicted molar refractivity (Wildman–Crippen MR) is 115 cm³/mol. The zero-order valence-electron chi connectivity index (χ0n) is 17.6. The first kappa shape index (κ1) is 20.8. The Hall–Kier alpha value is -3.48. The number of aromatic nitrogens is 2. The van der Waals surface area contributed by atoms with Gasteiger partial charge < -0.3 is 10.0 Å². The molecule has 1 amide bonds. The Bertz CT molecular complexity index is 1160. The molecular weight excluding hydrogens is 397 g/mol. The molecule has 0 aliphatic carbocycles. The van der Waals surface area contributed by atoms with Crippen molar-refractivity contribution in [2.75, 3.05) is 6.54 Å². The van der Waals surface area contributed by atoms with E-state index in [1.54, 1.807) is 11.0 Å². The van der Waals surface area contributed by atoms with Gasteiger partial charge in [-0.05, 0) is 44.0 Å². The number of nitrogens with zero attached hydrogens (tertiary/aromatic N) is 3. The van der Waals surface area contributed by atoms with Gasteiger partial charge in [0.25, 0.3) is 5.91 Å². The second-order valence-electron chi connectivity index (χ2n) is 8.22. The molecule has 1 aliphatic rings. The topological polar surface area (TPSA) is 75.4 Å². The molecule has 0 saturated carbocycles. The molecule has 2 atom stereocenters. The zero-order chi connectivity index (χ0) is 22.3. The molecule has 2 aromatic carbocycles. The van der Waals surface area contributed by atoms with Crippen LogP contribution in [0.25, 0.3) is 0 Å². The van der Waals surface area contributed by atoms with Crippen molar-refractivity contribution in [1.82, 2.24) is 14.7 Å². The van der Waals surface area contributed by atoms with E-state index in [0.717, 1.165) is 22.9 Å². The molecule has 3 aromatic rings. The second-order valence-corrected chi connectivity index (χ2v) is 8.22. The number of hydrogen-bond donors (Lipinski definition) is 1. The molecular formula is C24H24FN3O3. The van der Waals surface area contributed by atoms with Gasteiger partial charge in [-0.2, -0.15) is 5.10 Å². The lowest BCUT2D eigenvalue weighted by molar-refractivity contribution is 0.0570. The molecule has 1 aliphatic heterocycles. The number of rotatable bonds is 4. The van der Waals surface area contributed by atoms with E-state index in [2.05, 4.69) is 5.10 Å². The van der Waals surface area contributed by atoms with Gasteiger partial charge in [-0.25, -0.2) is 4.39 Å². The highest BCUT2D eigenvalue weighted by atomic mass is 19.1. The van der Waals surface area contributed by atoms with E-state index in [0.29, 0.717) is 6.54 Å². The summed E-state index contributed by atoms with van der Waals surface area (Å²) in [5.41, 5.74) is 1.86. The van der Waals surface area contributed by atoms with Crippen LogP contribution in [0, 0.1) is 12.7 Å². The summed E-state index contributed by atoms with van der Waals surface area (Å²) in [5, 5.41) is 14.7. The van der Waals surface area contributed by atoms with Crippen molar-refractivity contribution in [3.63, 3.8) is 0 Å². The fourth-order valence-electron chi connectivity index (χ4n) is 4.30. The van der Waals surface area contributed by atoms with Crippen molar-refractivity contribution in [2.24, 2.45) is 0 Å². The van der Waals surface area contributed by atoms with Crippen molar-refractivity contribution >= 4 is 5.91 Å². The van der Waals surface area contributed by atoms with E-state index in [9.17, 15) is 19.1 Å². The van der Waals surface area contributed by atoms with Crippen molar-refractivity contribution in [1.29, 1.82) is 0 Å². The molecule has 0 radical (unpaired) electrons. The first-order valence-electron chi connectivity index (χ1n) is 10.2. The van der Waals surface area contributed by atoms with Crippen LogP contribution >= 0.6 is 0 Å². The minimum absolute atomic E-state index is 0.133. The van der Waals surface area contributed by atoms with Gasteiger partial charge in [-0.3, -0.25) is 14.3 Å². The van der Waals surface area contributed by atoms with Crippen LogP contribution in [0.15, 0.2) is 59.5 Å². The molecule has 0 saturated heterocycles. The van der Waals surface area contributed by atoms with Crippen molar-refractivity contribution < 1.29 is 14.3 Å². The van der Waals surface area contributed by atoms with Crippen LogP contribution < -0.4 is 5.43 Å². The lowest BCUT2D eigenvalue weighted by atomic mass is 9.83.